The number of carbonyl (C=O) groups is 1. The summed E-state index contributed by atoms with van der Waals surface area (Å²) in [6, 6.07) is 0.470. The molecule has 1 aliphatic rings. The number of rotatable bonds is 2. The Balaban J connectivity index is 2.02. The third-order valence-corrected chi connectivity index (χ3v) is 3.94. The summed E-state index contributed by atoms with van der Waals surface area (Å²) in [5.74, 6) is 0. The van der Waals surface area contributed by atoms with Gasteiger partial charge in [-0.2, -0.15) is 0 Å². The molecule has 0 aliphatic carbocycles. The van der Waals surface area contributed by atoms with Gasteiger partial charge in [-0.25, -0.2) is 9.78 Å². The van der Waals surface area contributed by atoms with E-state index in [1.807, 2.05) is 11.6 Å². The van der Waals surface area contributed by atoms with E-state index in [1.54, 1.807) is 11.3 Å². The van der Waals surface area contributed by atoms with Gasteiger partial charge in [-0.1, -0.05) is 0 Å². The molecular weight excluding hydrogens is 238 g/mol. The van der Waals surface area contributed by atoms with Gasteiger partial charge < -0.3 is 10.0 Å². The molecule has 6 heteroatoms. The fraction of sp³-hybridized carbons (Fsp3) is 0.636. The van der Waals surface area contributed by atoms with Crippen LogP contribution in [0.15, 0.2) is 11.6 Å². The molecule has 1 aromatic rings. The zero-order valence-corrected chi connectivity index (χ0v) is 10.9. The minimum atomic E-state index is -0.822. The molecular formula is C11H17N3O2S. The molecule has 2 atom stereocenters. The van der Waals surface area contributed by atoms with Gasteiger partial charge in [0.2, 0.25) is 0 Å². The molecule has 0 aromatic carbocycles. The summed E-state index contributed by atoms with van der Waals surface area (Å²) in [5, 5.41) is 12.1. The smallest absolute Gasteiger partial charge is 0.407 e. The summed E-state index contributed by atoms with van der Waals surface area (Å²) in [6.07, 6.45) is 0.987. The molecule has 2 heterocycles. The molecule has 1 fully saturated rings. The topological polar surface area (TPSA) is 56.7 Å². The Morgan fingerprint density at radius 2 is 2.18 bits per heavy atom. The molecule has 5 nitrogen and oxygen atoms in total. The zero-order valence-electron chi connectivity index (χ0n) is 10.0. The molecule has 1 unspecified atom stereocenters. The zero-order chi connectivity index (χ0) is 12.4. The van der Waals surface area contributed by atoms with Gasteiger partial charge in [-0.3, -0.25) is 4.90 Å². The minimum absolute atomic E-state index is 0.235. The highest BCUT2D eigenvalue weighted by Gasteiger charge is 2.31. The molecule has 94 valence electrons. The maximum atomic E-state index is 11.0. The van der Waals surface area contributed by atoms with Gasteiger partial charge in [0, 0.05) is 36.8 Å². The fourth-order valence-corrected chi connectivity index (χ4v) is 2.94. The predicted molar refractivity (Wildman–Crippen MR) is 66.2 cm³/mol. The van der Waals surface area contributed by atoms with Crippen molar-refractivity contribution in [3.05, 3.63) is 16.6 Å². The Morgan fingerprint density at radius 3 is 2.65 bits per heavy atom. The highest BCUT2D eigenvalue weighted by molar-refractivity contribution is 7.09. The van der Waals surface area contributed by atoms with E-state index in [0.29, 0.717) is 13.1 Å². The molecule has 17 heavy (non-hydrogen) atoms. The van der Waals surface area contributed by atoms with Crippen LogP contribution in [0, 0.1) is 0 Å². The molecule has 1 aliphatic heterocycles. The number of aromatic nitrogens is 1. The SMILES string of the molecule is CC1CN(C(=O)O)C[C@@H](C)N1Cc1nccs1. The van der Waals surface area contributed by atoms with Crippen molar-refractivity contribution in [1.82, 2.24) is 14.8 Å². The second kappa shape index (κ2) is 5.01. The summed E-state index contributed by atoms with van der Waals surface area (Å²) in [5.41, 5.74) is 0. The van der Waals surface area contributed by atoms with Crippen molar-refractivity contribution in [2.75, 3.05) is 13.1 Å². The Labute approximate surface area is 105 Å². The van der Waals surface area contributed by atoms with Crippen LogP contribution in [0.4, 0.5) is 4.79 Å². The second-order valence-electron chi connectivity index (χ2n) is 4.48. The third-order valence-electron chi connectivity index (χ3n) is 3.17. The Bertz CT molecular complexity index is 370. The Morgan fingerprint density at radius 1 is 1.53 bits per heavy atom. The van der Waals surface area contributed by atoms with Crippen molar-refractivity contribution in [2.45, 2.75) is 32.5 Å². The number of amides is 1. The van der Waals surface area contributed by atoms with E-state index in [4.69, 9.17) is 5.11 Å². The molecule has 0 spiro atoms. The highest BCUT2D eigenvalue weighted by atomic mass is 32.1. The van der Waals surface area contributed by atoms with Gasteiger partial charge in [-0.15, -0.1) is 11.3 Å². The molecule has 1 aromatic heterocycles. The normalized spacial score (nSPS) is 26.1. The van der Waals surface area contributed by atoms with Crippen molar-refractivity contribution in [2.24, 2.45) is 0 Å². The van der Waals surface area contributed by atoms with Crippen LogP contribution < -0.4 is 0 Å². The number of hydrogen-bond donors (Lipinski definition) is 1. The Kier molecular flexibility index (Phi) is 3.63. The van der Waals surface area contributed by atoms with Crippen molar-refractivity contribution in [3.63, 3.8) is 0 Å². The molecule has 1 N–H and O–H groups in total. The number of carboxylic acid groups (broad SMARTS) is 1. The first-order chi connectivity index (χ1) is 8.08. The lowest BCUT2D eigenvalue weighted by atomic mass is 10.1. The molecule has 1 amide bonds. The summed E-state index contributed by atoms with van der Waals surface area (Å²) < 4.78 is 0. The average Bonchev–Trinajstić information content (AvgIpc) is 2.75. The van der Waals surface area contributed by atoms with Crippen LogP contribution in [-0.2, 0) is 6.54 Å². The maximum absolute atomic E-state index is 11.0. The first-order valence-electron chi connectivity index (χ1n) is 5.70. The quantitative estimate of drug-likeness (QED) is 0.874. The van der Waals surface area contributed by atoms with Crippen LogP contribution in [0.3, 0.4) is 0 Å². The molecule has 0 bridgehead atoms. The van der Waals surface area contributed by atoms with Crippen molar-refractivity contribution >= 4 is 17.4 Å². The van der Waals surface area contributed by atoms with E-state index < -0.39 is 6.09 Å². The summed E-state index contributed by atoms with van der Waals surface area (Å²) >= 11 is 1.65. The number of piperazine rings is 1. The maximum Gasteiger partial charge on any atom is 0.407 e. The third kappa shape index (κ3) is 2.76. The standard InChI is InChI=1S/C11H17N3O2S/c1-8-5-13(11(15)16)6-9(2)14(8)7-10-12-3-4-17-10/h3-4,8-9H,5-7H2,1-2H3,(H,15,16)/t8-,9?/m1/s1. The van der Waals surface area contributed by atoms with E-state index in [2.05, 4.69) is 23.7 Å². The van der Waals surface area contributed by atoms with Crippen molar-refractivity contribution in [3.8, 4) is 0 Å². The van der Waals surface area contributed by atoms with Crippen LogP contribution in [0.25, 0.3) is 0 Å². The van der Waals surface area contributed by atoms with E-state index in [0.717, 1.165) is 11.6 Å². The molecule has 2 rings (SSSR count). The fourth-order valence-electron chi connectivity index (χ4n) is 2.31. The predicted octanol–water partition coefficient (Wildman–Crippen LogP) is 1.72. The number of hydrogen-bond acceptors (Lipinski definition) is 4. The number of thiazole rings is 1. The first kappa shape index (κ1) is 12.3. The van der Waals surface area contributed by atoms with E-state index >= 15 is 0 Å². The molecule has 0 saturated carbocycles. The molecule has 0 radical (unpaired) electrons. The monoisotopic (exact) mass is 255 g/mol. The van der Waals surface area contributed by atoms with Crippen molar-refractivity contribution < 1.29 is 9.90 Å². The second-order valence-corrected chi connectivity index (χ2v) is 5.46. The minimum Gasteiger partial charge on any atom is -0.465 e. The lowest BCUT2D eigenvalue weighted by Gasteiger charge is -2.43. The van der Waals surface area contributed by atoms with Crippen molar-refractivity contribution in [1.29, 1.82) is 0 Å². The van der Waals surface area contributed by atoms with Gasteiger partial charge in [0.15, 0.2) is 0 Å². The average molecular weight is 255 g/mol. The van der Waals surface area contributed by atoms with Gasteiger partial charge >= 0.3 is 6.09 Å². The lowest BCUT2D eigenvalue weighted by Crippen LogP contribution is -2.57. The Hall–Kier alpha value is -1.14. The van der Waals surface area contributed by atoms with Gasteiger partial charge in [-0.05, 0) is 13.8 Å². The van der Waals surface area contributed by atoms with Gasteiger partial charge in [0.25, 0.3) is 0 Å². The van der Waals surface area contributed by atoms with Gasteiger partial charge in [0.1, 0.15) is 5.01 Å². The van der Waals surface area contributed by atoms with Crippen LogP contribution in [-0.4, -0.2) is 51.2 Å². The van der Waals surface area contributed by atoms with Crippen LogP contribution in [0.2, 0.25) is 0 Å². The largest absolute Gasteiger partial charge is 0.465 e. The van der Waals surface area contributed by atoms with Crippen LogP contribution in [0.5, 0.6) is 0 Å². The van der Waals surface area contributed by atoms with Gasteiger partial charge in [0.05, 0.1) is 6.54 Å². The summed E-state index contributed by atoms with van der Waals surface area (Å²) in [4.78, 5) is 19.1. The summed E-state index contributed by atoms with van der Waals surface area (Å²) in [6.45, 7) is 6.10. The number of nitrogens with zero attached hydrogens (tertiary/aromatic N) is 3. The highest BCUT2D eigenvalue weighted by Crippen LogP contribution is 2.19. The lowest BCUT2D eigenvalue weighted by molar-refractivity contribution is 0.0350. The van der Waals surface area contributed by atoms with E-state index in [9.17, 15) is 4.79 Å². The summed E-state index contributed by atoms with van der Waals surface area (Å²) in [7, 11) is 0. The van der Waals surface area contributed by atoms with E-state index in [1.165, 1.54) is 4.90 Å². The molecule has 1 saturated heterocycles. The van der Waals surface area contributed by atoms with Crippen LogP contribution in [0.1, 0.15) is 18.9 Å². The van der Waals surface area contributed by atoms with Crippen LogP contribution >= 0.6 is 11.3 Å². The van der Waals surface area contributed by atoms with E-state index in [-0.39, 0.29) is 12.1 Å². The first-order valence-corrected chi connectivity index (χ1v) is 6.58.